The number of aromatic amines is 2. The summed E-state index contributed by atoms with van der Waals surface area (Å²) in [5.41, 5.74) is 8.70. The third-order valence-corrected chi connectivity index (χ3v) is 20.4. The Morgan fingerprint density at radius 2 is 0.925 bits per heavy atom. The minimum Gasteiger partial charge on any atom is -0.444 e. The number of aliphatic hydroxyl groups is 1. The summed E-state index contributed by atoms with van der Waals surface area (Å²) in [5, 5.41) is 65.7. The van der Waals surface area contributed by atoms with Crippen molar-refractivity contribution < 1.29 is 71.4 Å². The number of pyridine rings is 6. The first-order valence-corrected chi connectivity index (χ1v) is 48.6. The van der Waals surface area contributed by atoms with E-state index >= 15 is 0 Å². The fraction of sp³-hybridized carbons (Fsp3) is 0.275. The maximum Gasteiger partial charge on any atom is 0.410 e. The van der Waals surface area contributed by atoms with Crippen molar-refractivity contribution in [2.24, 2.45) is 5.73 Å². The molecule has 0 saturated carbocycles. The maximum absolute atomic E-state index is 14.8. The van der Waals surface area contributed by atoms with Gasteiger partial charge in [0.2, 0.25) is 37.2 Å². The number of nitrogens with two attached hydrogens (primary N) is 1. The van der Waals surface area contributed by atoms with Gasteiger partial charge in [-0.05, 0) is 193 Å². The van der Waals surface area contributed by atoms with Crippen LogP contribution in [0.15, 0.2) is 230 Å². The lowest BCUT2D eigenvalue weighted by atomic mass is 10.0. The van der Waals surface area contributed by atoms with Crippen LogP contribution >= 0.6 is 171 Å². The standard InChI is InChI=1S/C20H25ClFN2O3.C16H16ClFN4O.C15H15Cl2FN2.C13H12ClFN4O.C12H11ClNO2.C9H6BrClNO.C3H6O.CHCl3.2CH4.Cl3OP/c1-5-8-23(19(25)27-20(2,3)4)13-17(22)10-15-12-24(26)11-14-9-16(21)6-7-18(14)15;1-2-5-19-8-12(18)6-10-9-22-15(20-21-16(22)23)14-7-11(17)3-4-13(10)14;1-2-5-19-9-12(18)6-10-8-20-15(17)14-7-11(16)3-4-13(10)14;14-8-1-2-10-7(3-9(15)5-16)6-19-12(11(10)4-8)17-18-13(19)20;13-11-3-4-12-9(2-1-5-15)7-14(16)8-10(12)6-11;10-9-5-12(13)4-6-3-7(11)1-2-8(6)9;1-2-3-4;2-1(3)4;;;1-5(2,3)4/h5-7,9,11-12,17,26H,1,8,10,13H2,2-4H3;2-4,7,9,12,19H,1,5-6,8H2,(H,21,23);2-4,7-8,12,19H,1,5-6,9H2;1-2,4,6,9H,3,5,16H2,(H,18,20);3-8,16H,1-2H2;1-5,13H;2,4H,1,3H2;1H;2*1H4;/q+1;;;;2*+1;;;;;. The molecule has 14 rings (SSSR count). The monoisotopic (exact) mass is 2190 g/mol. The van der Waals surface area contributed by atoms with Crippen LogP contribution < -0.4 is 41.9 Å². The van der Waals surface area contributed by atoms with Gasteiger partial charge in [-0.15, -0.1) is 26.3 Å². The van der Waals surface area contributed by atoms with Gasteiger partial charge in [0.15, 0.2) is 15.6 Å². The van der Waals surface area contributed by atoms with E-state index < -0.39 is 45.9 Å². The number of nitrogens with one attached hydrogen (secondary N) is 4. The molecule has 0 saturated heterocycles. The molecule has 134 heavy (non-hydrogen) atoms. The molecule has 6 aromatic carbocycles. The zero-order valence-electron chi connectivity index (χ0n) is 70.7. The lowest BCUT2D eigenvalue weighted by molar-refractivity contribution is -0.904. The predicted octanol–water partition coefficient (Wildman–Crippen LogP) is 23.8. The van der Waals surface area contributed by atoms with Crippen LogP contribution in [0.4, 0.5) is 22.4 Å². The molecule has 0 aliphatic rings. The Kier molecular flexibility index (Phi) is 51.4. The highest BCUT2D eigenvalue weighted by molar-refractivity contribution is 9.10. The second-order valence-electron chi connectivity index (χ2n) is 29.2. The highest BCUT2D eigenvalue weighted by atomic mass is 79.9. The van der Waals surface area contributed by atoms with Crippen LogP contribution in [0.25, 0.3) is 75.9 Å². The maximum atomic E-state index is 14.8. The number of nitrogens with zero attached hydrogens (tertiary/aromatic N) is 9. The van der Waals surface area contributed by atoms with Gasteiger partial charge in [0, 0.05) is 167 Å². The van der Waals surface area contributed by atoms with Crippen LogP contribution in [0.5, 0.6) is 0 Å². The molecule has 1 amide bonds. The molecule has 8 heterocycles. The Morgan fingerprint density at radius 3 is 1.34 bits per heavy atom. The van der Waals surface area contributed by atoms with Crippen molar-refractivity contribution in [1.82, 2.24) is 49.7 Å². The van der Waals surface area contributed by atoms with Crippen LogP contribution in [-0.4, -0.2) is 159 Å². The fourth-order valence-corrected chi connectivity index (χ4v) is 14.6. The third kappa shape index (κ3) is 39.3. The first-order valence-electron chi connectivity index (χ1n) is 39.4. The minimum atomic E-state index is -3.22. The van der Waals surface area contributed by atoms with Gasteiger partial charge in [-0.25, -0.2) is 55.9 Å². The number of aromatic nitrogens is 10. The Hall–Kier alpha value is -8.34. The van der Waals surface area contributed by atoms with Gasteiger partial charge in [0.05, 0.1) is 33.8 Å². The Labute approximate surface area is 844 Å². The largest absolute Gasteiger partial charge is 0.444 e. The highest BCUT2D eigenvalue weighted by Gasteiger charge is 2.27. The average Bonchev–Trinajstić information content (AvgIpc) is 1.62. The molecular weight excluding hydrogens is 2100 g/mol. The smallest absolute Gasteiger partial charge is 0.410 e. The zero-order chi connectivity index (χ0) is 97.9. The number of H-pyrrole nitrogens is 2. The molecule has 8 aromatic heterocycles. The summed E-state index contributed by atoms with van der Waals surface area (Å²) in [5.74, 6) is 0. The van der Waals surface area contributed by atoms with E-state index in [4.69, 9.17) is 132 Å². The number of aliphatic hydroxyl groups excluding tert-OH is 1. The summed E-state index contributed by atoms with van der Waals surface area (Å²) < 4.78 is 77.1. The van der Waals surface area contributed by atoms with Crippen molar-refractivity contribution in [2.75, 3.05) is 52.4 Å². The normalized spacial score (nSPS) is 11.8. The molecule has 24 nitrogen and oxygen atoms in total. The quantitative estimate of drug-likeness (QED) is 0.00295. The number of rotatable bonds is 25. The average molecular weight is 2200 g/mol. The van der Waals surface area contributed by atoms with Crippen LogP contribution in [0.1, 0.15) is 69.9 Å². The number of alkyl halides is 7. The molecule has 43 heteroatoms. The zero-order valence-corrected chi connectivity index (χ0v) is 83.0. The van der Waals surface area contributed by atoms with Crippen molar-refractivity contribution in [2.45, 2.75) is 109 Å². The van der Waals surface area contributed by atoms with Crippen molar-refractivity contribution in [3.8, 4) is 0 Å². The number of aldehydes is 1. The van der Waals surface area contributed by atoms with E-state index in [1.54, 1.807) is 155 Å². The predicted molar refractivity (Wildman–Crippen MR) is 544 cm³/mol. The Morgan fingerprint density at radius 1 is 0.560 bits per heavy atom. The lowest BCUT2D eigenvalue weighted by Crippen LogP contribution is -2.40. The van der Waals surface area contributed by atoms with Gasteiger partial charge in [0.1, 0.15) is 41.7 Å². The SMILES string of the molecule is C.C.C=CCN(CC(F)Cc1c[n+](O)cc2cc(Cl)ccc12)C(=O)OC(C)(C)C.C=CCNCC(F)Cc1cn2c(=O)[nH]nc2c2cc(Cl)ccc12.C=CCNCC(F)Cc1cnc(Cl)c2cc(Cl)ccc12.C=CCO.ClC(Cl)Cl.NCC(F)Cc1cn2c(=O)[nH]nc2c2cc(Cl)ccc12.O=CCCc1c[n+](O)cc2cc(Cl)ccc12.O=P(Cl)(Cl)Cl.O[n+]1cc(Br)c2ccc(Cl)cc2c1. The molecule has 0 fully saturated rings. The first-order chi connectivity index (χ1) is 62.4. The number of benzene rings is 6. The Balaban J connectivity index is 0.000000329. The topological polar surface area (TPSA) is 320 Å². The summed E-state index contributed by atoms with van der Waals surface area (Å²) >= 11 is 73.3. The van der Waals surface area contributed by atoms with Crippen molar-refractivity contribution in [3.05, 3.63) is 304 Å². The summed E-state index contributed by atoms with van der Waals surface area (Å²) in [7, 11) is 0. The van der Waals surface area contributed by atoms with E-state index in [9.17, 15) is 56.9 Å². The molecule has 0 radical (unpaired) electrons. The van der Waals surface area contributed by atoms with Crippen LogP contribution in [0, 0.1) is 0 Å². The first kappa shape index (κ1) is 118. The second kappa shape index (κ2) is 58.4. The van der Waals surface area contributed by atoms with E-state index in [2.05, 4.69) is 112 Å². The van der Waals surface area contributed by atoms with Gasteiger partial charge >= 0.3 is 22.7 Å². The number of aryl methyl sites for hydroxylation is 1. The molecule has 0 bridgehead atoms. The molecule has 4 unspecified atom stereocenters. The number of amides is 1. The third-order valence-electron chi connectivity index (χ3n) is 18.0. The van der Waals surface area contributed by atoms with Crippen LogP contribution in [0.3, 0.4) is 0 Å². The van der Waals surface area contributed by atoms with E-state index in [-0.39, 0.29) is 91.2 Å². The molecule has 0 aliphatic heterocycles. The second-order valence-corrected chi connectivity index (χ2v) is 41.7. The Bertz CT molecular complexity index is 6440. The molecule has 4 atom stereocenters. The lowest BCUT2D eigenvalue weighted by Gasteiger charge is -2.27. The molecular formula is C91H100BrCl13F4N14O10P+3. The molecule has 0 aliphatic carbocycles. The summed E-state index contributed by atoms with van der Waals surface area (Å²) in [6.45, 7) is 21.0. The van der Waals surface area contributed by atoms with Gasteiger partial charge in [-0.1, -0.05) is 192 Å². The van der Waals surface area contributed by atoms with Crippen molar-refractivity contribution in [1.29, 1.82) is 0 Å². The van der Waals surface area contributed by atoms with Gasteiger partial charge in [-0.2, -0.15) is 10.2 Å². The van der Waals surface area contributed by atoms with Crippen molar-refractivity contribution in [3.63, 3.8) is 0 Å². The summed E-state index contributed by atoms with van der Waals surface area (Å²) in [6.07, 6.45) is 17.9. The number of hydrogen-bond donors (Lipinski definition) is 9. The van der Waals surface area contributed by atoms with Crippen molar-refractivity contribution >= 4 is 259 Å². The highest BCUT2D eigenvalue weighted by Crippen LogP contribution is 2.61. The van der Waals surface area contributed by atoms with Gasteiger partial charge in [-0.3, -0.25) is 20.2 Å². The van der Waals surface area contributed by atoms with E-state index in [1.807, 2.05) is 30.3 Å². The summed E-state index contributed by atoms with van der Waals surface area (Å²) in [6, 6.07) is 32.1. The minimum absolute atomic E-state index is 0. The summed E-state index contributed by atoms with van der Waals surface area (Å²) in [4.78, 5) is 51.6. The van der Waals surface area contributed by atoms with E-state index in [0.29, 0.717) is 94.4 Å². The molecule has 14 aromatic rings. The number of fused-ring (bicyclic) bond motifs is 10. The van der Waals surface area contributed by atoms with Crippen LogP contribution in [0.2, 0.25) is 35.3 Å². The fourth-order valence-electron chi connectivity index (χ4n) is 12.7. The molecule has 722 valence electrons. The van der Waals surface area contributed by atoms with Gasteiger partial charge < -0.3 is 35.9 Å². The number of carbonyl (C=O) groups excluding carboxylic acids is 2. The molecule has 10 N–H and O–H groups in total. The van der Waals surface area contributed by atoms with Gasteiger partial charge in [0.25, 0.3) is 0 Å². The van der Waals surface area contributed by atoms with E-state index in [1.165, 1.54) is 38.2 Å². The molecule has 0 spiro atoms. The number of carbonyl (C=O) groups is 2. The van der Waals surface area contributed by atoms with Crippen LogP contribution in [-0.2, 0) is 46.2 Å². The number of halogens is 18. The number of hydrogen-bond acceptors (Lipinski definition) is 16. The van der Waals surface area contributed by atoms with E-state index in [0.717, 1.165) is 95.5 Å². The number of ether oxygens (including phenoxy) is 1.